The van der Waals surface area contributed by atoms with Crippen LogP contribution in [0, 0.1) is 0 Å². The topological polar surface area (TPSA) is 70.6 Å². The van der Waals surface area contributed by atoms with E-state index >= 15 is 0 Å². The molecule has 1 aromatic rings. The lowest BCUT2D eigenvalue weighted by molar-refractivity contribution is -0.124. The number of nitrogens with zero attached hydrogens (tertiary/aromatic N) is 1. The van der Waals surface area contributed by atoms with Crippen LogP contribution in [0.5, 0.6) is 0 Å². The van der Waals surface area contributed by atoms with Gasteiger partial charge in [-0.2, -0.15) is 0 Å². The van der Waals surface area contributed by atoms with Gasteiger partial charge in [-0.25, -0.2) is 0 Å². The predicted molar refractivity (Wildman–Crippen MR) is 84.6 cm³/mol. The number of hydrogen-bond donors (Lipinski definition) is 2. The number of carbonyl (C=O) groups is 2. The molecule has 0 bridgehead atoms. The molecule has 22 heavy (non-hydrogen) atoms. The van der Waals surface area contributed by atoms with Crippen molar-refractivity contribution in [2.24, 2.45) is 4.99 Å². The summed E-state index contributed by atoms with van der Waals surface area (Å²) in [5.74, 6) is -0.296. The van der Waals surface area contributed by atoms with E-state index in [9.17, 15) is 9.59 Å². The van der Waals surface area contributed by atoms with Crippen LogP contribution in [0.1, 0.15) is 30.7 Å². The predicted octanol–water partition coefficient (Wildman–Crippen LogP) is 1.52. The highest BCUT2D eigenvalue weighted by Gasteiger charge is 2.37. The molecular weight excluding hydrogens is 278 g/mol. The number of rotatable bonds is 1. The number of carbonyl (C=O) groups excluding carboxylic acids is 2. The van der Waals surface area contributed by atoms with Gasteiger partial charge in [0.05, 0.1) is 12.9 Å². The van der Waals surface area contributed by atoms with Gasteiger partial charge in [0.1, 0.15) is 0 Å². The van der Waals surface area contributed by atoms with Crippen molar-refractivity contribution in [2.45, 2.75) is 25.2 Å². The minimum Gasteiger partial charge on any atom is -0.375 e. The summed E-state index contributed by atoms with van der Waals surface area (Å²) in [4.78, 5) is 27.3. The Labute approximate surface area is 129 Å². The van der Waals surface area contributed by atoms with Crippen molar-refractivity contribution >= 4 is 18.2 Å². The molecule has 2 heterocycles. The molecule has 1 atom stereocenters. The fourth-order valence-electron chi connectivity index (χ4n) is 3.09. The van der Waals surface area contributed by atoms with E-state index < -0.39 is 0 Å². The first-order chi connectivity index (χ1) is 10.8. The van der Waals surface area contributed by atoms with Crippen LogP contribution in [0.2, 0.25) is 0 Å². The number of hydrogen-bond acceptors (Lipinski definition) is 4. The van der Waals surface area contributed by atoms with Crippen molar-refractivity contribution in [2.75, 3.05) is 13.1 Å². The van der Waals surface area contributed by atoms with Crippen LogP contribution in [0.4, 0.5) is 0 Å². The maximum atomic E-state index is 11.8. The van der Waals surface area contributed by atoms with Crippen LogP contribution in [0.15, 0.2) is 46.5 Å². The summed E-state index contributed by atoms with van der Waals surface area (Å²) < 4.78 is 0. The molecule has 3 aliphatic rings. The largest absolute Gasteiger partial charge is 0.375 e. The van der Waals surface area contributed by atoms with E-state index in [1.54, 1.807) is 6.34 Å². The summed E-state index contributed by atoms with van der Waals surface area (Å²) in [5, 5.41) is 5.34. The molecule has 0 spiro atoms. The number of nitrogens with one attached hydrogen (secondary N) is 2. The van der Waals surface area contributed by atoms with Gasteiger partial charge in [-0.05, 0) is 24.8 Å². The lowest BCUT2D eigenvalue weighted by Gasteiger charge is -2.22. The summed E-state index contributed by atoms with van der Waals surface area (Å²) >= 11 is 0. The Balaban J connectivity index is 0.000000246. The van der Waals surface area contributed by atoms with Crippen LogP contribution < -0.4 is 10.6 Å². The van der Waals surface area contributed by atoms with Crippen molar-refractivity contribution < 1.29 is 9.59 Å². The monoisotopic (exact) mass is 297 g/mol. The number of imide groups is 1. The number of benzene rings is 1. The smallest absolute Gasteiger partial charge is 0.255 e. The quantitative estimate of drug-likeness (QED) is 0.772. The molecule has 0 aromatic heterocycles. The average molecular weight is 297 g/mol. The van der Waals surface area contributed by atoms with Crippen LogP contribution in [-0.4, -0.2) is 31.2 Å². The highest BCUT2D eigenvalue weighted by molar-refractivity contribution is 6.20. The highest BCUT2D eigenvalue weighted by atomic mass is 16.2. The molecule has 0 saturated carbocycles. The van der Waals surface area contributed by atoms with Gasteiger partial charge >= 0.3 is 0 Å². The Bertz CT molecular complexity index is 629. The zero-order valence-corrected chi connectivity index (χ0v) is 12.3. The van der Waals surface area contributed by atoms with Crippen LogP contribution in [0.3, 0.4) is 0 Å². The number of aliphatic imine (C=N–C) groups is 1. The van der Waals surface area contributed by atoms with Gasteiger partial charge in [0.2, 0.25) is 0 Å². The van der Waals surface area contributed by atoms with E-state index in [1.165, 1.54) is 0 Å². The molecule has 1 aliphatic carbocycles. The minimum absolute atomic E-state index is 0.0893. The first-order valence-electron chi connectivity index (χ1n) is 7.62. The molecule has 1 aromatic carbocycles. The van der Waals surface area contributed by atoms with Crippen molar-refractivity contribution in [3.05, 3.63) is 47.0 Å². The molecule has 114 valence electrons. The third-order valence-electron chi connectivity index (χ3n) is 4.11. The van der Waals surface area contributed by atoms with E-state index in [1.807, 2.05) is 30.3 Å². The van der Waals surface area contributed by atoms with E-state index in [0.717, 1.165) is 37.9 Å². The van der Waals surface area contributed by atoms with Crippen molar-refractivity contribution in [1.29, 1.82) is 0 Å². The molecule has 5 heteroatoms. The van der Waals surface area contributed by atoms with Gasteiger partial charge in [-0.3, -0.25) is 19.9 Å². The SMILES string of the molecule is C1=NCCN1.O=C1NC(=O)C2=C1CCCC2c1ccccc1. The standard InChI is InChI=1S/C14H13NO2.C3H6N2/c16-13-11-8-4-7-10(12(11)14(17)15-13)9-5-2-1-3-6-9;1-2-5-3-4-1/h1-3,5-6,10H,4,7-8H2,(H,15,16,17);3H,1-2H2,(H,4,5). The molecule has 1 unspecified atom stereocenters. The van der Waals surface area contributed by atoms with Gasteiger partial charge in [-0.15, -0.1) is 0 Å². The Hall–Kier alpha value is -2.43. The molecule has 2 aliphatic heterocycles. The second kappa shape index (κ2) is 6.56. The van der Waals surface area contributed by atoms with E-state index in [2.05, 4.69) is 15.6 Å². The summed E-state index contributed by atoms with van der Waals surface area (Å²) in [7, 11) is 0. The first-order valence-corrected chi connectivity index (χ1v) is 7.62. The molecule has 0 saturated heterocycles. The van der Waals surface area contributed by atoms with Crippen molar-refractivity contribution in [1.82, 2.24) is 10.6 Å². The van der Waals surface area contributed by atoms with Gasteiger partial charge < -0.3 is 5.32 Å². The lowest BCUT2D eigenvalue weighted by atomic mass is 9.79. The van der Waals surface area contributed by atoms with Gasteiger partial charge in [0.15, 0.2) is 0 Å². The molecule has 2 N–H and O–H groups in total. The van der Waals surface area contributed by atoms with Crippen LogP contribution in [-0.2, 0) is 9.59 Å². The Morgan fingerprint density at radius 3 is 2.55 bits per heavy atom. The third-order valence-corrected chi connectivity index (χ3v) is 4.11. The summed E-state index contributed by atoms with van der Waals surface area (Å²) in [6.45, 7) is 1.99. The average Bonchev–Trinajstić information content (AvgIpc) is 3.22. The second-order valence-corrected chi connectivity index (χ2v) is 5.52. The van der Waals surface area contributed by atoms with Crippen molar-refractivity contribution in [3.8, 4) is 0 Å². The Kier molecular flexibility index (Phi) is 4.32. The fraction of sp³-hybridized carbons (Fsp3) is 0.353. The molecule has 4 rings (SSSR count). The first kappa shape index (κ1) is 14.5. The molecule has 0 fully saturated rings. The van der Waals surface area contributed by atoms with Gasteiger partial charge in [0, 0.05) is 23.6 Å². The van der Waals surface area contributed by atoms with Crippen LogP contribution in [0.25, 0.3) is 0 Å². The molecule has 0 radical (unpaired) electrons. The van der Waals surface area contributed by atoms with Crippen molar-refractivity contribution in [3.63, 3.8) is 0 Å². The third kappa shape index (κ3) is 2.93. The van der Waals surface area contributed by atoms with E-state index in [-0.39, 0.29) is 17.7 Å². The van der Waals surface area contributed by atoms with E-state index in [0.29, 0.717) is 11.1 Å². The minimum atomic E-state index is -0.196. The molecule has 2 amide bonds. The Morgan fingerprint density at radius 1 is 1.09 bits per heavy atom. The molecular formula is C17H19N3O2. The maximum absolute atomic E-state index is 11.8. The number of amides is 2. The summed E-state index contributed by atoms with van der Waals surface area (Å²) in [5.41, 5.74) is 2.53. The fourth-order valence-corrected chi connectivity index (χ4v) is 3.09. The highest BCUT2D eigenvalue weighted by Crippen LogP contribution is 2.39. The summed E-state index contributed by atoms with van der Waals surface area (Å²) in [6.07, 6.45) is 4.39. The van der Waals surface area contributed by atoms with E-state index in [4.69, 9.17) is 0 Å². The summed E-state index contributed by atoms with van der Waals surface area (Å²) in [6, 6.07) is 9.95. The lowest BCUT2D eigenvalue weighted by Crippen LogP contribution is -2.23. The van der Waals surface area contributed by atoms with Crippen LogP contribution >= 0.6 is 0 Å². The second-order valence-electron chi connectivity index (χ2n) is 5.52. The van der Waals surface area contributed by atoms with Gasteiger partial charge in [-0.1, -0.05) is 30.3 Å². The Morgan fingerprint density at radius 2 is 1.91 bits per heavy atom. The maximum Gasteiger partial charge on any atom is 0.255 e. The zero-order valence-electron chi connectivity index (χ0n) is 12.3. The molecule has 5 nitrogen and oxygen atoms in total. The zero-order chi connectivity index (χ0) is 15.4. The normalized spacial score (nSPS) is 22.6. The van der Waals surface area contributed by atoms with Gasteiger partial charge in [0.25, 0.3) is 11.8 Å².